The Hall–Kier alpha value is -1.40. The van der Waals surface area contributed by atoms with E-state index >= 15 is 0 Å². The molecule has 16 heavy (non-hydrogen) atoms. The normalized spacial score (nSPS) is 22.4. The van der Waals surface area contributed by atoms with Gasteiger partial charge < -0.3 is 10.2 Å². The zero-order chi connectivity index (χ0) is 11.9. The first-order chi connectivity index (χ1) is 7.42. The van der Waals surface area contributed by atoms with Gasteiger partial charge in [-0.2, -0.15) is 0 Å². The molecule has 1 aromatic rings. The van der Waals surface area contributed by atoms with Crippen molar-refractivity contribution < 1.29 is 23.4 Å². The van der Waals surface area contributed by atoms with Crippen LogP contribution >= 0.6 is 0 Å². The maximum absolute atomic E-state index is 11.7. The van der Waals surface area contributed by atoms with Gasteiger partial charge >= 0.3 is 5.97 Å². The number of aliphatic hydroxyl groups is 1. The summed E-state index contributed by atoms with van der Waals surface area (Å²) in [6.45, 7) is 0. The fraction of sp³-hybridized carbons (Fsp3) is 0.300. The minimum atomic E-state index is -3.45. The lowest BCUT2D eigenvalue weighted by Gasteiger charge is -2.21. The zero-order valence-corrected chi connectivity index (χ0v) is 9.07. The Morgan fingerprint density at radius 3 is 2.69 bits per heavy atom. The predicted molar refractivity (Wildman–Crippen MR) is 55.0 cm³/mol. The number of hydrogen-bond donors (Lipinski definition) is 2. The molecule has 6 heteroatoms. The van der Waals surface area contributed by atoms with Crippen molar-refractivity contribution in [1.29, 1.82) is 0 Å². The molecule has 0 amide bonds. The van der Waals surface area contributed by atoms with E-state index in [1.807, 2.05) is 0 Å². The molecule has 1 aromatic carbocycles. The Labute approximate surface area is 92.3 Å². The Morgan fingerprint density at radius 2 is 2.06 bits per heavy atom. The van der Waals surface area contributed by atoms with Crippen molar-refractivity contribution in [3.05, 3.63) is 29.3 Å². The van der Waals surface area contributed by atoms with Gasteiger partial charge in [0.2, 0.25) is 0 Å². The van der Waals surface area contributed by atoms with Crippen LogP contribution in [0.3, 0.4) is 0 Å². The quantitative estimate of drug-likeness (QED) is 0.752. The predicted octanol–water partition coefficient (Wildman–Crippen LogP) is 0.596. The largest absolute Gasteiger partial charge is 0.478 e. The van der Waals surface area contributed by atoms with Gasteiger partial charge in [0.1, 0.15) is 0 Å². The van der Waals surface area contributed by atoms with Crippen LogP contribution in [0.4, 0.5) is 0 Å². The first-order valence-electron chi connectivity index (χ1n) is 4.70. The first kappa shape index (κ1) is 11.1. The van der Waals surface area contributed by atoms with Crippen molar-refractivity contribution in [2.45, 2.75) is 17.4 Å². The molecular formula is C10H10O5S. The highest BCUT2D eigenvalue weighted by atomic mass is 32.2. The molecule has 0 aromatic heterocycles. The third-order valence-corrected chi connectivity index (χ3v) is 4.41. The van der Waals surface area contributed by atoms with E-state index in [0.717, 1.165) is 6.07 Å². The number of sulfone groups is 1. The van der Waals surface area contributed by atoms with E-state index in [-0.39, 0.29) is 28.2 Å². The van der Waals surface area contributed by atoms with E-state index < -0.39 is 21.9 Å². The lowest BCUT2D eigenvalue weighted by atomic mass is 10.0. The number of carbonyl (C=O) groups is 1. The first-order valence-corrected chi connectivity index (χ1v) is 6.35. The van der Waals surface area contributed by atoms with Crippen LogP contribution in [0.5, 0.6) is 0 Å². The van der Waals surface area contributed by atoms with Crippen LogP contribution in [-0.2, 0) is 9.84 Å². The molecule has 2 N–H and O–H groups in total. The monoisotopic (exact) mass is 242 g/mol. The molecule has 1 heterocycles. The van der Waals surface area contributed by atoms with Crippen LogP contribution in [0.25, 0.3) is 0 Å². The van der Waals surface area contributed by atoms with E-state index in [1.54, 1.807) is 0 Å². The maximum atomic E-state index is 11.7. The number of carboxylic acids is 1. The van der Waals surface area contributed by atoms with Gasteiger partial charge in [-0.1, -0.05) is 6.07 Å². The third-order valence-electron chi connectivity index (χ3n) is 2.61. The minimum Gasteiger partial charge on any atom is -0.478 e. The molecular weight excluding hydrogens is 232 g/mol. The van der Waals surface area contributed by atoms with Crippen molar-refractivity contribution in [3.63, 3.8) is 0 Å². The lowest BCUT2D eigenvalue weighted by Crippen LogP contribution is -2.20. The molecule has 5 nitrogen and oxygen atoms in total. The summed E-state index contributed by atoms with van der Waals surface area (Å²) in [6.07, 6.45) is -0.678. The van der Waals surface area contributed by atoms with Crippen molar-refractivity contribution in [2.75, 3.05) is 5.75 Å². The zero-order valence-electron chi connectivity index (χ0n) is 8.25. The summed E-state index contributed by atoms with van der Waals surface area (Å²) in [5.41, 5.74) is 0.202. The van der Waals surface area contributed by atoms with Gasteiger partial charge in [-0.25, -0.2) is 13.2 Å². The van der Waals surface area contributed by atoms with E-state index in [0.29, 0.717) is 0 Å². The number of carboxylic acid groups (broad SMARTS) is 1. The van der Waals surface area contributed by atoms with E-state index in [2.05, 4.69) is 0 Å². The number of rotatable bonds is 1. The van der Waals surface area contributed by atoms with Gasteiger partial charge in [0.05, 0.1) is 22.3 Å². The molecule has 0 fully saturated rings. The lowest BCUT2D eigenvalue weighted by molar-refractivity contribution is 0.0696. The van der Waals surface area contributed by atoms with Crippen LogP contribution in [0.15, 0.2) is 23.1 Å². The van der Waals surface area contributed by atoms with Gasteiger partial charge in [-0.3, -0.25) is 0 Å². The Kier molecular flexibility index (Phi) is 2.47. The second kappa shape index (κ2) is 3.57. The van der Waals surface area contributed by atoms with Gasteiger partial charge in [-0.15, -0.1) is 0 Å². The third kappa shape index (κ3) is 1.70. The molecule has 0 spiro atoms. The SMILES string of the molecule is O=C(O)c1ccc2c(c1)S(=O)(=O)CCC2O. The van der Waals surface area contributed by atoms with Gasteiger partial charge in [-0.05, 0) is 24.1 Å². The molecule has 1 aliphatic rings. The van der Waals surface area contributed by atoms with Gasteiger partial charge in [0.15, 0.2) is 9.84 Å². The van der Waals surface area contributed by atoms with Crippen molar-refractivity contribution in [3.8, 4) is 0 Å². The minimum absolute atomic E-state index is 0.0637. The topological polar surface area (TPSA) is 91.7 Å². The van der Waals surface area contributed by atoms with E-state index in [1.165, 1.54) is 12.1 Å². The highest BCUT2D eigenvalue weighted by Gasteiger charge is 2.29. The average Bonchev–Trinajstić information content (AvgIpc) is 2.23. The van der Waals surface area contributed by atoms with Gasteiger partial charge in [0.25, 0.3) is 0 Å². The smallest absolute Gasteiger partial charge is 0.335 e. The second-order valence-corrected chi connectivity index (χ2v) is 5.76. The van der Waals surface area contributed by atoms with Gasteiger partial charge in [0, 0.05) is 0 Å². The van der Waals surface area contributed by atoms with Crippen LogP contribution < -0.4 is 0 Å². The van der Waals surface area contributed by atoms with Crippen molar-refractivity contribution in [1.82, 2.24) is 0 Å². The summed E-state index contributed by atoms with van der Waals surface area (Å²) < 4.78 is 23.4. The molecule has 0 saturated heterocycles. The van der Waals surface area contributed by atoms with Crippen LogP contribution in [0, 0.1) is 0 Å². The maximum Gasteiger partial charge on any atom is 0.335 e. The number of benzene rings is 1. The molecule has 0 radical (unpaired) electrons. The molecule has 1 aliphatic heterocycles. The summed E-state index contributed by atoms with van der Waals surface area (Å²) in [4.78, 5) is 10.7. The molecule has 0 bridgehead atoms. The van der Waals surface area contributed by atoms with E-state index in [9.17, 15) is 18.3 Å². The molecule has 0 saturated carbocycles. The fourth-order valence-corrected chi connectivity index (χ4v) is 3.37. The molecule has 2 rings (SSSR count). The van der Waals surface area contributed by atoms with Crippen molar-refractivity contribution >= 4 is 15.8 Å². The Balaban J connectivity index is 2.67. The summed E-state index contributed by atoms with van der Waals surface area (Å²) in [6, 6.07) is 3.76. The summed E-state index contributed by atoms with van der Waals surface area (Å²) in [5.74, 6) is -1.33. The molecule has 86 valence electrons. The summed E-state index contributed by atoms with van der Waals surface area (Å²) in [5, 5.41) is 18.4. The van der Waals surface area contributed by atoms with Crippen LogP contribution in [-0.4, -0.2) is 30.4 Å². The highest BCUT2D eigenvalue weighted by Crippen LogP contribution is 2.32. The van der Waals surface area contributed by atoms with Crippen LogP contribution in [0.1, 0.15) is 28.4 Å². The molecule has 0 aliphatic carbocycles. The van der Waals surface area contributed by atoms with Crippen molar-refractivity contribution in [2.24, 2.45) is 0 Å². The Bertz CT molecular complexity index is 546. The molecule has 1 unspecified atom stereocenters. The highest BCUT2D eigenvalue weighted by molar-refractivity contribution is 7.91. The number of hydrogen-bond acceptors (Lipinski definition) is 4. The number of fused-ring (bicyclic) bond motifs is 1. The average molecular weight is 242 g/mol. The van der Waals surface area contributed by atoms with E-state index in [4.69, 9.17) is 5.11 Å². The summed E-state index contributed by atoms with van der Waals surface area (Å²) >= 11 is 0. The standard InChI is InChI=1S/C10H10O5S/c11-8-3-4-16(14,15)9-5-6(10(12)13)1-2-7(8)9/h1-2,5,8,11H,3-4H2,(H,12,13). The number of aromatic carboxylic acids is 1. The Morgan fingerprint density at radius 1 is 1.38 bits per heavy atom. The van der Waals surface area contributed by atoms with Crippen LogP contribution in [0.2, 0.25) is 0 Å². The summed E-state index contributed by atoms with van der Waals surface area (Å²) in [7, 11) is -3.45. The second-order valence-electron chi connectivity index (χ2n) is 3.68. The fourth-order valence-electron chi connectivity index (χ4n) is 1.74. The number of aliphatic hydroxyl groups excluding tert-OH is 1. The molecule has 1 atom stereocenters.